The number of likely N-dealkylation sites (tertiary alicyclic amines) is 2. The number of carbonyl (C=O) groups excluding carboxylic acids is 2. The molecule has 0 saturated carbocycles. The average molecular weight is 667 g/mol. The van der Waals surface area contributed by atoms with Gasteiger partial charge in [-0.25, -0.2) is 14.8 Å². The molecule has 2 aliphatic rings. The van der Waals surface area contributed by atoms with Crippen LogP contribution >= 0.6 is 0 Å². The molecule has 2 fully saturated rings. The maximum absolute atomic E-state index is 13.3. The summed E-state index contributed by atoms with van der Waals surface area (Å²) in [5.41, 5.74) is 12.1. The largest absolute Gasteiger partial charge is 0.465 e. The topological polar surface area (TPSA) is 173 Å². The highest BCUT2D eigenvalue weighted by molar-refractivity contribution is 5.86. The first-order valence-corrected chi connectivity index (χ1v) is 17.2. The van der Waals surface area contributed by atoms with E-state index in [4.69, 9.17) is 5.73 Å². The van der Waals surface area contributed by atoms with Gasteiger partial charge in [-0.1, -0.05) is 76.2 Å². The Labute approximate surface area is 286 Å². The molecule has 4 heterocycles. The van der Waals surface area contributed by atoms with Crippen molar-refractivity contribution in [1.29, 1.82) is 0 Å². The van der Waals surface area contributed by atoms with E-state index in [9.17, 15) is 19.5 Å². The number of hydrogen-bond acceptors (Lipinski definition) is 6. The SMILES string of the molecule is CC(C)[C@H](N)C(=O)N1CCC[C@H]1c1ncc(-c2ccc(-c3ccc(-c4cnc([C@@H]5CCCN5C(=O)[C@@H](NC(=O)O)C(C)C)[nH]4)cc3)cc2)[nH]1. The number of nitrogens with zero attached hydrogens (tertiary/aromatic N) is 4. The molecule has 12 nitrogen and oxygen atoms in total. The van der Waals surface area contributed by atoms with Crippen molar-refractivity contribution in [2.24, 2.45) is 17.6 Å². The molecular weight excluding hydrogens is 620 g/mol. The highest BCUT2D eigenvalue weighted by atomic mass is 16.4. The zero-order chi connectivity index (χ0) is 34.8. The van der Waals surface area contributed by atoms with Crippen molar-refractivity contribution in [3.05, 3.63) is 72.6 Å². The molecular formula is C37H46N8O4. The number of nitrogens with one attached hydrogen (secondary N) is 3. The minimum absolute atomic E-state index is 0.0155. The Morgan fingerprint density at radius 1 is 0.735 bits per heavy atom. The van der Waals surface area contributed by atoms with Crippen LogP contribution in [0.25, 0.3) is 33.6 Å². The van der Waals surface area contributed by atoms with Crippen molar-refractivity contribution in [2.75, 3.05) is 13.1 Å². The molecule has 4 atom stereocenters. The minimum Gasteiger partial charge on any atom is -0.465 e. The number of imidazole rings is 2. The quantitative estimate of drug-likeness (QED) is 0.144. The van der Waals surface area contributed by atoms with Gasteiger partial charge in [0, 0.05) is 13.1 Å². The van der Waals surface area contributed by atoms with Crippen LogP contribution in [0.1, 0.15) is 77.1 Å². The van der Waals surface area contributed by atoms with Gasteiger partial charge in [-0.3, -0.25) is 9.59 Å². The van der Waals surface area contributed by atoms with E-state index in [1.54, 1.807) is 11.1 Å². The molecule has 6 N–H and O–H groups in total. The Hall–Kier alpha value is -4.97. The predicted octanol–water partition coefficient (Wildman–Crippen LogP) is 5.74. The number of rotatable bonds is 10. The maximum atomic E-state index is 13.3. The number of carbonyl (C=O) groups is 3. The molecule has 2 saturated heterocycles. The zero-order valence-electron chi connectivity index (χ0n) is 28.5. The van der Waals surface area contributed by atoms with Crippen LogP contribution in [0.4, 0.5) is 4.79 Å². The maximum Gasteiger partial charge on any atom is 0.405 e. The Kier molecular flexibility index (Phi) is 9.86. The molecule has 49 heavy (non-hydrogen) atoms. The number of benzene rings is 2. The highest BCUT2D eigenvalue weighted by Gasteiger charge is 2.38. The molecule has 3 amide bonds. The monoisotopic (exact) mass is 666 g/mol. The van der Waals surface area contributed by atoms with Gasteiger partial charge in [0.25, 0.3) is 0 Å². The van der Waals surface area contributed by atoms with Crippen molar-refractivity contribution in [3.63, 3.8) is 0 Å². The van der Waals surface area contributed by atoms with Crippen LogP contribution in [0.3, 0.4) is 0 Å². The fraction of sp³-hybridized carbons (Fsp3) is 0.432. The molecule has 6 rings (SSSR count). The third-order valence-corrected chi connectivity index (χ3v) is 9.83. The summed E-state index contributed by atoms with van der Waals surface area (Å²) in [6.45, 7) is 8.87. The van der Waals surface area contributed by atoms with Crippen molar-refractivity contribution >= 4 is 17.9 Å². The summed E-state index contributed by atoms with van der Waals surface area (Å²) in [6.07, 6.45) is 5.79. The van der Waals surface area contributed by atoms with Crippen LogP contribution in [-0.4, -0.2) is 77.9 Å². The van der Waals surface area contributed by atoms with E-state index in [1.807, 2.05) is 50.9 Å². The van der Waals surface area contributed by atoms with Gasteiger partial charge in [0.2, 0.25) is 11.8 Å². The van der Waals surface area contributed by atoms with Crippen LogP contribution in [0.15, 0.2) is 60.9 Å². The van der Waals surface area contributed by atoms with E-state index >= 15 is 0 Å². The summed E-state index contributed by atoms with van der Waals surface area (Å²) in [7, 11) is 0. The molecule has 2 aromatic heterocycles. The van der Waals surface area contributed by atoms with E-state index in [2.05, 4.69) is 61.7 Å². The van der Waals surface area contributed by atoms with Crippen LogP contribution in [0.2, 0.25) is 0 Å². The number of H-pyrrole nitrogens is 2. The summed E-state index contributed by atoms with van der Waals surface area (Å²) in [6, 6.07) is 14.9. The van der Waals surface area contributed by atoms with Gasteiger partial charge in [-0.05, 0) is 59.8 Å². The molecule has 0 unspecified atom stereocenters. The fourth-order valence-corrected chi connectivity index (χ4v) is 6.92. The number of amides is 3. The van der Waals surface area contributed by atoms with Crippen LogP contribution in [0, 0.1) is 11.8 Å². The van der Waals surface area contributed by atoms with Crippen molar-refractivity contribution in [3.8, 4) is 33.6 Å². The van der Waals surface area contributed by atoms with E-state index in [1.165, 1.54) is 0 Å². The predicted molar refractivity (Wildman–Crippen MR) is 187 cm³/mol. The molecule has 2 aromatic carbocycles. The first-order chi connectivity index (χ1) is 23.5. The Balaban J connectivity index is 1.11. The molecule has 0 spiro atoms. The van der Waals surface area contributed by atoms with Gasteiger partial charge < -0.3 is 35.9 Å². The third kappa shape index (κ3) is 7.10. The van der Waals surface area contributed by atoms with Crippen LogP contribution in [-0.2, 0) is 9.59 Å². The van der Waals surface area contributed by atoms with Gasteiger partial charge in [-0.15, -0.1) is 0 Å². The van der Waals surface area contributed by atoms with Crippen molar-refractivity contribution in [2.45, 2.75) is 77.5 Å². The molecule has 4 aromatic rings. The van der Waals surface area contributed by atoms with E-state index in [-0.39, 0.29) is 35.7 Å². The molecule has 0 bridgehead atoms. The first-order valence-electron chi connectivity index (χ1n) is 17.2. The third-order valence-electron chi connectivity index (χ3n) is 9.83. The van der Waals surface area contributed by atoms with Gasteiger partial charge in [0.05, 0.1) is 41.9 Å². The summed E-state index contributed by atoms with van der Waals surface area (Å²) in [5.74, 6) is 1.16. The lowest BCUT2D eigenvalue weighted by molar-refractivity contribution is -0.136. The molecule has 12 heteroatoms. The average Bonchev–Trinajstić information content (AvgIpc) is 3.92. The minimum atomic E-state index is -1.21. The molecule has 2 aliphatic heterocycles. The van der Waals surface area contributed by atoms with Gasteiger partial charge in [0.1, 0.15) is 17.7 Å². The second-order valence-electron chi connectivity index (χ2n) is 13.8. The first kappa shape index (κ1) is 33.9. The Morgan fingerprint density at radius 2 is 1.16 bits per heavy atom. The van der Waals surface area contributed by atoms with Crippen molar-refractivity contribution < 1.29 is 19.5 Å². The number of aromatic nitrogens is 4. The number of carboxylic acid groups (broad SMARTS) is 1. The van der Waals surface area contributed by atoms with E-state index < -0.39 is 18.2 Å². The molecule has 0 radical (unpaired) electrons. The van der Waals surface area contributed by atoms with Crippen LogP contribution < -0.4 is 11.1 Å². The number of aromatic amines is 2. The van der Waals surface area contributed by atoms with E-state index in [0.29, 0.717) is 18.9 Å². The zero-order valence-corrected chi connectivity index (χ0v) is 28.5. The smallest absolute Gasteiger partial charge is 0.405 e. The van der Waals surface area contributed by atoms with Crippen LogP contribution in [0.5, 0.6) is 0 Å². The van der Waals surface area contributed by atoms with Gasteiger partial charge >= 0.3 is 6.09 Å². The standard InChI is InChI=1S/C37H46N8O4/c1-21(2)31(38)35(46)44-17-5-7-29(44)33-39-19-27(41-33)25-13-9-23(10-14-25)24-11-15-26(16-12-24)28-20-40-34(42-28)30-8-6-18-45(30)36(47)32(22(3)4)43-37(48)49/h9-16,19-22,29-32,43H,5-8,17-18,38H2,1-4H3,(H,39,41)(H,40,42)(H,48,49)/t29-,30-,31-,32-/m0/s1. The lowest BCUT2D eigenvalue weighted by Gasteiger charge is -2.29. The molecule has 0 aliphatic carbocycles. The second kappa shape index (κ2) is 14.3. The number of nitrogens with two attached hydrogens (primary N) is 1. The van der Waals surface area contributed by atoms with Gasteiger partial charge in [0.15, 0.2) is 0 Å². The van der Waals surface area contributed by atoms with E-state index in [0.717, 1.165) is 65.1 Å². The second-order valence-corrected chi connectivity index (χ2v) is 13.8. The number of hydrogen-bond donors (Lipinski definition) is 5. The normalized spacial score (nSPS) is 19.1. The summed E-state index contributed by atoms with van der Waals surface area (Å²) in [4.78, 5) is 57.4. The summed E-state index contributed by atoms with van der Waals surface area (Å²) in [5, 5.41) is 11.6. The summed E-state index contributed by atoms with van der Waals surface area (Å²) >= 11 is 0. The fourth-order valence-electron chi connectivity index (χ4n) is 6.92. The Morgan fingerprint density at radius 3 is 1.57 bits per heavy atom. The van der Waals surface area contributed by atoms with Crippen molar-refractivity contribution in [1.82, 2.24) is 35.1 Å². The summed E-state index contributed by atoms with van der Waals surface area (Å²) < 4.78 is 0. The van der Waals surface area contributed by atoms with Gasteiger partial charge in [-0.2, -0.15) is 0 Å². The highest BCUT2D eigenvalue weighted by Crippen LogP contribution is 2.35. The lowest BCUT2D eigenvalue weighted by Crippen LogP contribution is -2.50. The lowest BCUT2D eigenvalue weighted by atomic mass is 10.0. The Bertz CT molecular complexity index is 1780. The molecule has 258 valence electrons.